The predicted octanol–water partition coefficient (Wildman–Crippen LogP) is 5.57. The first-order chi connectivity index (χ1) is 33.8. The molecule has 0 aliphatic heterocycles. The lowest BCUT2D eigenvalue weighted by atomic mass is 9.82. The first-order valence-corrected chi connectivity index (χ1v) is 24.9. The molecule has 380 valence electrons. The molecule has 0 radical (unpaired) electrons. The summed E-state index contributed by atoms with van der Waals surface area (Å²) >= 11 is 0. The third kappa shape index (κ3) is 17.4. The topological polar surface area (TPSA) is 228 Å². The summed E-state index contributed by atoms with van der Waals surface area (Å²) in [6.07, 6.45) is 0.215. The lowest BCUT2D eigenvalue weighted by molar-refractivity contribution is -0.145. The van der Waals surface area contributed by atoms with Gasteiger partial charge >= 0.3 is 12.1 Å². The van der Waals surface area contributed by atoms with E-state index < -0.39 is 92.9 Å². The Morgan fingerprint density at radius 2 is 1.32 bits per heavy atom. The van der Waals surface area contributed by atoms with Gasteiger partial charge in [-0.15, -0.1) is 0 Å². The summed E-state index contributed by atoms with van der Waals surface area (Å²) in [4.78, 5) is 66.7. The quantitative estimate of drug-likeness (QED) is 0.0454. The van der Waals surface area contributed by atoms with Gasteiger partial charge in [0.2, 0.25) is 17.7 Å². The van der Waals surface area contributed by atoms with Crippen LogP contribution in [-0.2, 0) is 58.2 Å². The van der Waals surface area contributed by atoms with Crippen molar-refractivity contribution in [1.29, 1.82) is 0 Å². The molecule has 6 N–H and O–H groups in total. The number of nitrogens with two attached hydrogens (primary N) is 1. The fraction of sp³-hybridized carbons (Fsp3) is 0.365. The van der Waals surface area contributed by atoms with Gasteiger partial charge in [-0.05, 0) is 59.2 Å². The second-order valence-electron chi connectivity index (χ2n) is 18.0. The molecule has 0 saturated heterocycles. The van der Waals surface area contributed by atoms with Crippen molar-refractivity contribution in [3.63, 3.8) is 0 Å². The smallest absolute Gasteiger partial charge is 0.408 e. The van der Waals surface area contributed by atoms with Gasteiger partial charge in [-0.2, -0.15) is 0 Å². The van der Waals surface area contributed by atoms with Crippen LogP contribution in [0.15, 0.2) is 121 Å². The minimum atomic E-state index is -3.88. The van der Waals surface area contributed by atoms with Crippen LogP contribution < -0.4 is 21.7 Å². The molecule has 71 heavy (non-hydrogen) atoms. The molecule has 1 aromatic heterocycles. The van der Waals surface area contributed by atoms with E-state index in [2.05, 4.69) is 16.0 Å². The average molecular weight is 1000 g/mol. The number of aromatic nitrogens is 1. The van der Waals surface area contributed by atoms with Crippen molar-refractivity contribution in [3.8, 4) is 11.1 Å². The van der Waals surface area contributed by atoms with Crippen molar-refractivity contribution in [2.75, 3.05) is 37.7 Å². The van der Waals surface area contributed by atoms with E-state index in [-0.39, 0.29) is 57.7 Å². The van der Waals surface area contributed by atoms with E-state index >= 15 is 4.39 Å². The van der Waals surface area contributed by atoms with Gasteiger partial charge in [-0.1, -0.05) is 112 Å². The first-order valence-electron chi connectivity index (χ1n) is 23.1. The SMILES string of the molecule is CC(C)(C)[C@H](c1cc(-c2cc(F)ccc2F)cn1Cc1ccccc1)N(CC[C@H](N)C(=O)NCCS(=O)(=O)CCNC(=O)[C@@H](CCC(=O)OCc1ccccc1)NC(=O)OCc1ccccc1)C(=O)CO. The number of rotatable bonds is 25. The summed E-state index contributed by atoms with van der Waals surface area (Å²) in [6, 6.07) is 28.7. The summed E-state index contributed by atoms with van der Waals surface area (Å²) in [5.41, 5.74) is 8.84. The fourth-order valence-corrected chi connectivity index (χ4v) is 8.80. The number of benzene rings is 4. The van der Waals surface area contributed by atoms with Crippen molar-refractivity contribution in [1.82, 2.24) is 25.4 Å². The van der Waals surface area contributed by atoms with Gasteiger partial charge in [0.15, 0.2) is 9.84 Å². The van der Waals surface area contributed by atoms with Crippen molar-refractivity contribution in [3.05, 3.63) is 155 Å². The Morgan fingerprint density at radius 1 is 0.761 bits per heavy atom. The van der Waals surface area contributed by atoms with Crippen molar-refractivity contribution in [2.24, 2.45) is 11.1 Å². The zero-order chi connectivity index (χ0) is 51.6. The molecule has 4 aromatic carbocycles. The molecule has 1 heterocycles. The van der Waals surface area contributed by atoms with Crippen LogP contribution in [0.2, 0.25) is 0 Å². The van der Waals surface area contributed by atoms with E-state index in [0.717, 1.165) is 29.3 Å². The Balaban J connectivity index is 1.17. The predicted molar refractivity (Wildman–Crippen MR) is 263 cm³/mol. The van der Waals surface area contributed by atoms with Crippen molar-refractivity contribution < 1.29 is 55.8 Å². The highest BCUT2D eigenvalue weighted by Crippen LogP contribution is 2.41. The fourth-order valence-electron chi connectivity index (χ4n) is 7.77. The summed E-state index contributed by atoms with van der Waals surface area (Å²) in [5, 5.41) is 17.6. The van der Waals surface area contributed by atoms with Crippen LogP contribution in [0.1, 0.15) is 68.5 Å². The summed E-state index contributed by atoms with van der Waals surface area (Å²) in [5.74, 6) is -5.10. The Kier molecular flexibility index (Phi) is 20.4. The number of amides is 4. The van der Waals surface area contributed by atoms with E-state index in [4.69, 9.17) is 15.2 Å². The van der Waals surface area contributed by atoms with Gasteiger partial charge in [-0.25, -0.2) is 22.0 Å². The molecule has 5 rings (SSSR count). The van der Waals surface area contributed by atoms with Gasteiger partial charge in [-0.3, -0.25) is 19.2 Å². The molecule has 19 heteroatoms. The van der Waals surface area contributed by atoms with Gasteiger partial charge < -0.3 is 45.7 Å². The maximum Gasteiger partial charge on any atom is 0.408 e. The zero-order valence-corrected chi connectivity index (χ0v) is 40.8. The Morgan fingerprint density at radius 3 is 1.90 bits per heavy atom. The minimum Gasteiger partial charge on any atom is -0.461 e. The maximum atomic E-state index is 15.1. The van der Waals surface area contributed by atoms with Gasteiger partial charge in [0, 0.05) is 55.6 Å². The van der Waals surface area contributed by atoms with Gasteiger partial charge in [0.05, 0.1) is 23.6 Å². The second kappa shape index (κ2) is 26.3. The number of hydrogen-bond acceptors (Lipinski definition) is 11. The Hall–Kier alpha value is -6.96. The Labute approximate surface area is 412 Å². The molecular weight excluding hydrogens is 939 g/mol. The van der Waals surface area contributed by atoms with Crippen molar-refractivity contribution in [2.45, 2.75) is 77.9 Å². The lowest BCUT2D eigenvalue weighted by Gasteiger charge is -2.41. The number of nitrogens with zero attached hydrogens (tertiary/aromatic N) is 2. The maximum absolute atomic E-state index is 15.1. The number of hydrogen-bond donors (Lipinski definition) is 5. The Bertz CT molecular complexity index is 2670. The molecule has 0 bridgehead atoms. The zero-order valence-electron chi connectivity index (χ0n) is 40.0. The molecule has 0 fully saturated rings. The molecule has 0 saturated carbocycles. The van der Waals surface area contributed by atoms with Gasteiger partial charge in [0.25, 0.3) is 0 Å². The molecular formula is C52H62F2N6O10S. The summed E-state index contributed by atoms with van der Waals surface area (Å²) in [7, 11) is -3.88. The van der Waals surface area contributed by atoms with E-state index in [1.165, 1.54) is 4.90 Å². The number of halogens is 2. The number of aliphatic hydroxyl groups excluding tert-OH is 1. The van der Waals surface area contributed by atoms with E-state index in [0.29, 0.717) is 23.4 Å². The van der Waals surface area contributed by atoms with Gasteiger partial charge in [0.1, 0.15) is 37.5 Å². The number of nitrogens with one attached hydrogen (secondary N) is 3. The summed E-state index contributed by atoms with van der Waals surface area (Å²) < 4.78 is 68.0. The van der Waals surface area contributed by atoms with Crippen LogP contribution >= 0.6 is 0 Å². The van der Waals surface area contributed by atoms with Crippen LogP contribution in [0.5, 0.6) is 0 Å². The highest BCUT2D eigenvalue weighted by Gasteiger charge is 2.37. The van der Waals surface area contributed by atoms with E-state index in [9.17, 15) is 41.9 Å². The molecule has 4 amide bonds. The van der Waals surface area contributed by atoms with Crippen LogP contribution in [-0.4, -0.2) is 103 Å². The third-order valence-electron chi connectivity index (χ3n) is 11.4. The molecule has 3 atom stereocenters. The van der Waals surface area contributed by atoms with Crippen LogP contribution in [0.3, 0.4) is 0 Å². The molecule has 0 aliphatic rings. The largest absolute Gasteiger partial charge is 0.461 e. The second-order valence-corrected chi connectivity index (χ2v) is 20.3. The molecule has 16 nitrogen and oxygen atoms in total. The summed E-state index contributed by atoms with van der Waals surface area (Å²) in [6.45, 7) is 4.16. The van der Waals surface area contributed by atoms with Crippen LogP contribution in [0.4, 0.5) is 13.6 Å². The first kappa shape index (κ1) is 55.0. The average Bonchev–Trinajstić information content (AvgIpc) is 3.75. The number of aliphatic hydroxyl groups is 1. The molecule has 0 aliphatic carbocycles. The number of alkyl carbamates (subject to hydrolysis) is 1. The standard InChI is InChI=1S/C52H62F2N6O10S/c1-52(2,3)48(45-29-39(41-30-40(53)19-20-42(41)54)32-59(45)31-36-13-7-4-8-14-36)60(46(62)33-61)26-23-43(55)49(64)56-24-27-71(67,68)28-25-57-50(65)44(58-51(66)70-35-38-17-11-6-12-18-38)21-22-47(63)69-34-37-15-9-5-10-16-37/h4-20,29-30,32,43-44,48,61H,21-28,31,33-35,55H2,1-3H3,(H,56,64)(H,57,65)(H,58,66)/t43-,44+,48-/m0/s1. The van der Waals surface area contributed by atoms with Crippen LogP contribution in [0.25, 0.3) is 11.1 Å². The highest BCUT2D eigenvalue weighted by molar-refractivity contribution is 7.91. The van der Waals surface area contributed by atoms with E-state index in [1.54, 1.807) is 66.9 Å². The number of carbonyl (C=O) groups is 5. The number of sulfone groups is 1. The number of carbonyl (C=O) groups excluding carboxylic acids is 5. The molecule has 5 aromatic rings. The molecule has 0 unspecified atom stereocenters. The number of esters is 1. The normalized spacial score (nSPS) is 12.8. The minimum absolute atomic E-state index is 0.00782. The highest BCUT2D eigenvalue weighted by atomic mass is 32.2. The van der Waals surface area contributed by atoms with Crippen molar-refractivity contribution >= 4 is 39.6 Å². The molecule has 0 spiro atoms. The third-order valence-corrected chi connectivity index (χ3v) is 13.0. The van der Waals surface area contributed by atoms with E-state index in [1.807, 2.05) is 61.7 Å². The number of ether oxygens (including phenoxy) is 2. The monoisotopic (exact) mass is 1000 g/mol. The lowest BCUT2D eigenvalue weighted by Crippen LogP contribution is -2.48. The van der Waals surface area contributed by atoms with Crippen LogP contribution in [0, 0.1) is 17.0 Å².